The molecule has 10 heteroatoms. The van der Waals surface area contributed by atoms with E-state index in [9.17, 15) is 19.5 Å². The van der Waals surface area contributed by atoms with Crippen LogP contribution in [0.3, 0.4) is 0 Å². The van der Waals surface area contributed by atoms with E-state index in [1.54, 1.807) is 71.0 Å². The SMILES string of the molecule is CCNC(=O)Nc1ccc(C)c(-n2c(C(C)N(C(=O)O)C(C)(C)C)nc3cccc(Cl)c3c2=O)c1. The molecular weight excluding hydrogens is 470 g/mol. The largest absolute Gasteiger partial charge is 0.465 e. The molecule has 0 aliphatic rings. The van der Waals surface area contributed by atoms with Crippen molar-refractivity contribution in [2.24, 2.45) is 0 Å². The molecule has 9 nitrogen and oxygen atoms in total. The van der Waals surface area contributed by atoms with Crippen LogP contribution >= 0.6 is 11.6 Å². The lowest BCUT2D eigenvalue weighted by Crippen LogP contribution is -2.47. The number of amides is 3. The van der Waals surface area contributed by atoms with Crippen LogP contribution in [-0.2, 0) is 0 Å². The Labute approximate surface area is 208 Å². The number of aromatic nitrogens is 2. The number of aryl methyl sites for hydroxylation is 1. The number of carbonyl (C=O) groups excluding carboxylic acids is 1. The van der Waals surface area contributed by atoms with Gasteiger partial charge in [0.25, 0.3) is 5.56 Å². The van der Waals surface area contributed by atoms with Gasteiger partial charge in [-0.1, -0.05) is 23.7 Å². The Morgan fingerprint density at radius 2 is 1.91 bits per heavy atom. The second-order valence-corrected chi connectivity index (χ2v) is 9.64. The lowest BCUT2D eigenvalue weighted by molar-refractivity contribution is 0.0719. The van der Waals surface area contributed by atoms with Crippen molar-refractivity contribution in [2.75, 3.05) is 11.9 Å². The van der Waals surface area contributed by atoms with Gasteiger partial charge < -0.3 is 15.7 Å². The quantitative estimate of drug-likeness (QED) is 0.438. The summed E-state index contributed by atoms with van der Waals surface area (Å²) in [6.07, 6.45) is -1.14. The predicted octanol–water partition coefficient (Wildman–Crippen LogP) is 5.33. The van der Waals surface area contributed by atoms with Gasteiger partial charge in [0.2, 0.25) is 0 Å². The number of anilines is 1. The molecule has 3 amide bonds. The molecule has 1 atom stereocenters. The number of halogens is 1. The molecule has 0 fully saturated rings. The number of fused-ring (bicyclic) bond motifs is 1. The number of rotatable bonds is 5. The molecule has 0 aliphatic carbocycles. The molecule has 3 aromatic rings. The van der Waals surface area contributed by atoms with Crippen LogP contribution in [0.25, 0.3) is 16.6 Å². The van der Waals surface area contributed by atoms with E-state index in [4.69, 9.17) is 16.6 Å². The number of carbonyl (C=O) groups is 2. The van der Waals surface area contributed by atoms with E-state index in [0.717, 1.165) is 5.56 Å². The highest BCUT2D eigenvalue weighted by molar-refractivity contribution is 6.35. The van der Waals surface area contributed by atoms with Crippen molar-refractivity contribution in [1.82, 2.24) is 19.8 Å². The van der Waals surface area contributed by atoms with Crippen LogP contribution in [0.4, 0.5) is 15.3 Å². The van der Waals surface area contributed by atoms with Gasteiger partial charge in [-0.3, -0.25) is 14.3 Å². The van der Waals surface area contributed by atoms with E-state index in [2.05, 4.69) is 10.6 Å². The smallest absolute Gasteiger partial charge is 0.408 e. The third-order valence-electron chi connectivity index (χ3n) is 5.61. The first-order valence-electron chi connectivity index (χ1n) is 11.3. The van der Waals surface area contributed by atoms with E-state index in [1.807, 2.05) is 6.92 Å². The van der Waals surface area contributed by atoms with E-state index in [1.165, 1.54) is 9.47 Å². The molecule has 186 valence electrons. The van der Waals surface area contributed by atoms with Crippen molar-refractivity contribution < 1.29 is 14.7 Å². The maximum absolute atomic E-state index is 13.9. The Morgan fingerprint density at radius 3 is 2.51 bits per heavy atom. The third kappa shape index (κ3) is 5.24. The third-order valence-corrected chi connectivity index (χ3v) is 5.92. The highest BCUT2D eigenvalue weighted by atomic mass is 35.5. The van der Waals surface area contributed by atoms with Crippen molar-refractivity contribution >= 4 is 40.3 Å². The average Bonchev–Trinajstić information content (AvgIpc) is 2.74. The van der Waals surface area contributed by atoms with Crippen LogP contribution in [-0.4, -0.2) is 43.8 Å². The summed E-state index contributed by atoms with van der Waals surface area (Å²) in [5, 5.41) is 15.9. The van der Waals surface area contributed by atoms with Gasteiger partial charge in [0.15, 0.2) is 0 Å². The van der Waals surface area contributed by atoms with E-state index in [-0.39, 0.29) is 22.3 Å². The Balaban J connectivity index is 2.36. The number of hydrogen-bond donors (Lipinski definition) is 3. The van der Waals surface area contributed by atoms with Crippen LogP contribution in [0.15, 0.2) is 41.2 Å². The van der Waals surface area contributed by atoms with Crippen molar-refractivity contribution in [1.29, 1.82) is 0 Å². The van der Waals surface area contributed by atoms with Crippen LogP contribution in [0.1, 0.15) is 52.0 Å². The minimum Gasteiger partial charge on any atom is -0.465 e. The molecule has 35 heavy (non-hydrogen) atoms. The number of hydrogen-bond acceptors (Lipinski definition) is 4. The molecule has 0 saturated heterocycles. The van der Waals surface area contributed by atoms with Gasteiger partial charge in [-0.2, -0.15) is 0 Å². The minimum atomic E-state index is -1.14. The standard InChI is InChI=1S/C25H30ClN5O4/c1-7-27-23(33)28-16-12-11-14(2)19(13-16)30-21(15(3)31(24(34)35)25(4,5)6)29-18-10-8-9-17(26)20(18)22(30)32/h8-13,15H,7H2,1-6H3,(H,34,35)(H2,27,28,33). The van der Waals surface area contributed by atoms with Crippen molar-refractivity contribution in [2.45, 2.75) is 53.1 Å². The molecule has 0 radical (unpaired) electrons. The van der Waals surface area contributed by atoms with Gasteiger partial charge in [-0.25, -0.2) is 14.6 Å². The molecular formula is C25H30ClN5O4. The van der Waals surface area contributed by atoms with Crippen LogP contribution < -0.4 is 16.2 Å². The van der Waals surface area contributed by atoms with E-state index >= 15 is 0 Å². The fraction of sp³-hybridized carbons (Fsp3) is 0.360. The maximum atomic E-state index is 13.9. The summed E-state index contributed by atoms with van der Waals surface area (Å²) in [5.41, 5.74) is 0.821. The van der Waals surface area contributed by atoms with Crippen LogP contribution in [0.2, 0.25) is 5.02 Å². The number of nitrogens with one attached hydrogen (secondary N) is 2. The molecule has 2 aromatic carbocycles. The van der Waals surface area contributed by atoms with Crippen molar-refractivity contribution in [3.05, 3.63) is 63.2 Å². The molecule has 0 bridgehead atoms. The molecule has 1 heterocycles. The zero-order chi connectivity index (χ0) is 26.1. The summed E-state index contributed by atoms with van der Waals surface area (Å²) >= 11 is 6.39. The molecule has 3 rings (SSSR count). The maximum Gasteiger partial charge on any atom is 0.408 e. The zero-order valence-corrected chi connectivity index (χ0v) is 21.4. The number of nitrogens with zero attached hydrogens (tertiary/aromatic N) is 3. The van der Waals surface area contributed by atoms with Gasteiger partial charge in [-0.15, -0.1) is 0 Å². The van der Waals surface area contributed by atoms with Gasteiger partial charge in [0.05, 0.1) is 27.7 Å². The highest BCUT2D eigenvalue weighted by Gasteiger charge is 2.35. The summed E-state index contributed by atoms with van der Waals surface area (Å²) in [6, 6.07) is 8.96. The summed E-state index contributed by atoms with van der Waals surface area (Å²) in [4.78, 5) is 44.2. The fourth-order valence-corrected chi connectivity index (χ4v) is 4.38. The summed E-state index contributed by atoms with van der Waals surface area (Å²) in [7, 11) is 0. The summed E-state index contributed by atoms with van der Waals surface area (Å²) in [6.45, 7) is 11.1. The molecule has 1 unspecified atom stereocenters. The highest BCUT2D eigenvalue weighted by Crippen LogP contribution is 2.31. The Morgan fingerprint density at radius 1 is 1.23 bits per heavy atom. The number of benzene rings is 2. The van der Waals surface area contributed by atoms with Gasteiger partial charge in [0.1, 0.15) is 5.82 Å². The summed E-state index contributed by atoms with van der Waals surface area (Å²) in [5.74, 6) is 0.236. The fourth-order valence-electron chi connectivity index (χ4n) is 4.13. The number of urea groups is 1. The van der Waals surface area contributed by atoms with Gasteiger partial charge in [0, 0.05) is 17.8 Å². The Hall–Kier alpha value is -3.59. The molecule has 3 N–H and O–H groups in total. The van der Waals surface area contributed by atoms with Gasteiger partial charge >= 0.3 is 12.1 Å². The molecule has 0 saturated carbocycles. The minimum absolute atomic E-state index is 0.226. The normalized spacial score (nSPS) is 12.3. The molecule has 1 aromatic heterocycles. The van der Waals surface area contributed by atoms with Crippen LogP contribution in [0.5, 0.6) is 0 Å². The monoisotopic (exact) mass is 499 g/mol. The molecule has 0 spiro atoms. The first-order valence-corrected chi connectivity index (χ1v) is 11.6. The Bertz CT molecular complexity index is 1350. The van der Waals surface area contributed by atoms with E-state index < -0.39 is 23.2 Å². The lowest BCUT2D eigenvalue weighted by atomic mass is 10.0. The Kier molecular flexibility index (Phi) is 7.40. The molecule has 0 aliphatic heterocycles. The average molecular weight is 500 g/mol. The van der Waals surface area contributed by atoms with Crippen molar-refractivity contribution in [3.63, 3.8) is 0 Å². The second-order valence-electron chi connectivity index (χ2n) is 9.23. The lowest BCUT2D eigenvalue weighted by Gasteiger charge is -2.38. The summed E-state index contributed by atoms with van der Waals surface area (Å²) < 4.78 is 1.39. The number of carboxylic acid groups (broad SMARTS) is 1. The topological polar surface area (TPSA) is 117 Å². The van der Waals surface area contributed by atoms with Crippen LogP contribution in [0, 0.1) is 6.92 Å². The first kappa shape index (κ1) is 26.0. The first-order chi connectivity index (χ1) is 16.4. The predicted molar refractivity (Wildman–Crippen MR) is 138 cm³/mol. The zero-order valence-electron chi connectivity index (χ0n) is 20.6. The second kappa shape index (κ2) is 9.95. The van der Waals surface area contributed by atoms with Gasteiger partial charge in [-0.05, 0) is 71.4 Å². The van der Waals surface area contributed by atoms with E-state index in [0.29, 0.717) is 23.4 Å². The van der Waals surface area contributed by atoms with Crippen molar-refractivity contribution in [3.8, 4) is 5.69 Å².